The second-order valence-electron chi connectivity index (χ2n) is 8.38. The first-order chi connectivity index (χ1) is 14.8. The average molecular weight is 443 g/mol. The van der Waals surface area contributed by atoms with Gasteiger partial charge in [-0.2, -0.15) is 0 Å². The number of hydrogen-bond donors (Lipinski definition) is 2. The first-order valence-corrected chi connectivity index (χ1v) is 12.3. The van der Waals surface area contributed by atoms with Gasteiger partial charge in [-0.15, -0.1) is 0 Å². The van der Waals surface area contributed by atoms with E-state index in [0.717, 1.165) is 38.9 Å². The molecule has 166 valence electrons. The van der Waals surface area contributed by atoms with Crippen LogP contribution >= 0.6 is 0 Å². The summed E-state index contributed by atoms with van der Waals surface area (Å²) in [6.07, 6.45) is 3.31. The average Bonchev–Trinajstić information content (AvgIpc) is 3.39. The fourth-order valence-electron chi connectivity index (χ4n) is 4.50. The molecule has 2 aromatic carbocycles. The molecule has 0 bridgehead atoms. The summed E-state index contributed by atoms with van der Waals surface area (Å²) >= 11 is 0. The lowest BCUT2D eigenvalue weighted by Gasteiger charge is -2.29. The van der Waals surface area contributed by atoms with Crippen LogP contribution in [-0.2, 0) is 21.2 Å². The van der Waals surface area contributed by atoms with Crippen molar-refractivity contribution in [3.8, 4) is 0 Å². The maximum atomic E-state index is 12.9. The Morgan fingerprint density at radius 1 is 1.06 bits per heavy atom. The number of carbonyl (C=O) groups excluding carboxylic acids is 1. The molecule has 2 heterocycles. The fraction of sp³-hybridized carbons (Fsp3) is 0.435. The van der Waals surface area contributed by atoms with Crippen LogP contribution in [0.3, 0.4) is 0 Å². The summed E-state index contributed by atoms with van der Waals surface area (Å²) in [7, 11) is -1.55. The Balaban J connectivity index is 1.52. The van der Waals surface area contributed by atoms with Crippen LogP contribution in [0.1, 0.15) is 36.9 Å². The molecule has 2 N–H and O–H groups in total. The minimum atomic E-state index is -3.66. The van der Waals surface area contributed by atoms with Gasteiger partial charge in [-0.3, -0.25) is 9.69 Å². The van der Waals surface area contributed by atoms with Crippen LogP contribution < -0.4 is 14.9 Å². The molecule has 1 fully saturated rings. The van der Waals surface area contributed by atoms with Gasteiger partial charge in [0.1, 0.15) is 0 Å². The zero-order chi connectivity index (χ0) is 22.0. The van der Waals surface area contributed by atoms with Crippen molar-refractivity contribution in [2.24, 2.45) is 0 Å². The molecule has 1 saturated heterocycles. The van der Waals surface area contributed by atoms with Gasteiger partial charge in [-0.05, 0) is 73.8 Å². The molecule has 1 atom stereocenters. The minimum Gasteiger partial charge on any atom is -0.374 e. The van der Waals surface area contributed by atoms with Crippen LogP contribution in [0.5, 0.6) is 0 Å². The standard InChI is InChI=1S/C23H30N4O3S/c1-17(28)25-20-6-8-21(9-7-20)31(29,30)24-16-23(27-12-3-4-13-27)18-5-10-22-19(15-18)11-14-26(22)2/h5-10,15,23-24H,3-4,11-14,16H2,1-2H3,(H,25,28). The number of amides is 1. The number of likely N-dealkylation sites (tertiary alicyclic amines) is 1. The number of fused-ring (bicyclic) bond motifs is 1. The predicted molar refractivity (Wildman–Crippen MR) is 123 cm³/mol. The molecule has 7 nitrogen and oxygen atoms in total. The highest BCUT2D eigenvalue weighted by Crippen LogP contribution is 2.32. The monoisotopic (exact) mass is 442 g/mol. The Morgan fingerprint density at radius 3 is 2.45 bits per heavy atom. The summed E-state index contributed by atoms with van der Waals surface area (Å²) in [5.74, 6) is -0.192. The smallest absolute Gasteiger partial charge is 0.240 e. The highest BCUT2D eigenvalue weighted by molar-refractivity contribution is 7.89. The van der Waals surface area contributed by atoms with Crippen LogP contribution in [0.2, 0.25) is 0 Å². The predicted octanol–water partition coefficient (Wildman–Crippen LogP) is 2.75. The van der Waals surface area contributed by atoms with E-state index >= 15 is 0 Å². The number of nitrogens with zero attached hydrogens (tertiary/aromatic N) is 2. The zero-order valence-electron chi connectivity index (χ0n) is 18.1. The lowest BCUT2D eigenvalue weighted by atomic mass is 10.0. The highest BCUT2D eigenvalue weighted by atomic mass is 32.2. The second-order valence-corrected chi connectivity index (χ2v) is 10.1. The van der Waals surface area contributed by atoms with E-state index in [1.54, 1.807) is 12.1 Å². The summed E-state index contributed by atoms with van der Waals surface area (Å²) in [6, 6.07) is 12.8. The molecule has 2 aromatic rings. The van der Waals surface area contributed by atoms with Crippen molar-refractivity contribution in [1.82, 2.24) is 9.62 Å². The molecule has 2 aliphatic heterocycles. The van der Waals surface area contributed by atoms with Crippen LogP contribution in [0.4, 0.5) is 11.4 Å². The molecule has 4 rings (SSSR count). The zero-order valence-corrected chi connectivity index (χ0v) is 18.9. The SMILES string of the molecule is CC(=O)Nc1ccc(S(=O)(=O)NCC(c2ccc3c(c2)CCN3C)N2CCCC2)cc1. The largest absolute Gasteiger partial charge is 0.374 e. The van der Waals surface area contributed by atoms with E-state index in [4.69, 9.17) is 0 Å². The van der Waals surface area contributed by atoms with Crippen LogP contribution in [-0.4, -0.2) is 52.5 Å². The number of anilines is 2. The van der Waals surface area contributed by atoms with Gasteiger partial charge in [0.05, 0.1) is 4.90 Å². The Kier molecular flexibility index (Phi) is 6.31. The summed E-state index contributed by atoms with van der Waals surface area (Å²) in [5, 5.41) is 2.65. The van der Waals surface area contributed by atoms with Crippen molar-refractivity contribution in [2.75, 3.05) is 43.4 Å². The molecule has 0 aromatic heterocycles. The molecular weight excluding hydrogens is 412 g/mol. The van der Waals surface area contributed by atoms with Gasteiger partial charge in [-0.25, -0.2) is 13.1 Å². The number of carbonyl (C=O) groups is 1. The molecule has 0 spiro atoms. The Morgan fingerprint density at radius 2 is 1.77 bits per heavy atom. The highest BCUT2D eigenvalue weighted by Gasteiger charge is 2.27. The fourth-order valence-corrected chi connectivity index (χ4v) is 5.54. The number of nitrogens with one attached hydrogen (secondary N) is 2. The van der Waals surface area contributed by atoms with Crippen LogP contribution in [0.15, 0.2) is 47.4 Å². The summed E-state index contributed by atoms with van der Waals surface area (Å²) in [6.45, 7) is 4.73. The quantitative estimate of drug-likeness (QED) is 0.689. The van der Waals surface area contributed by atoms with Gasteiger partial charge in [0.2, 0.25) is 15.9 Å². The molecule has 31 heavy (non-hydrogen) atoms. The molecule has 0 saturated carbocycles. The van der Waals surface area contributed by atoms with Gasteiger partial charge in [0, 0.05) is 44.5 Å². The first kappa shape index (κ1) is 21.8. The van der Waals surface area contributed by atoms with Gasteiger partial charge < -0.3 is 10.2 Å². The van der Waals surface area contributed by atoms with Crippen molar-refractivity contribution in [2.45, 2.75) is 37.1 Å². The maximum absolute atomic E-state index is 12.9. The van der Waals surface area contributed by atoms with E-state index in [1.807, 2.05) is 0 Å². The van der Waals surface area contributed by atoms with Gasteiger partial charge >= 0.3 is 0 Å². The van der Waals surface area contributed by atoms with E-state index in [0.29, 0.717) is 12.2 Å². The third-order valence-corrected chi connectivity index (χ3v) is 7.59. The molecule has 0 aliphatic carbocycles. The molecule has 1 amide bonds. The number of sulfonamides is 1. The number of likely N-dealkylation sites (N-methyl/N-ethyl adjacent to an activating group) is 1. The number of benzene rings is 2. The van der Waals surface area contributed by atoms with Crippen molar-refractivity contribution < 1.29 is 13.2 Å². The van der Waals surface area contributed by atoms with Crippen LogP contribution in [0.25, 0.3) is 0 Å². The third kappa shape index (κ3) is 4.92. The van der Waals surface area contributed by atoms with E-state index in [2.05, 4.69) is 45.1 Å². The Hall–Kier alpha value is -2.42. The van der Waals surface area contributed by atoms with E-state index < -0.39 is 10.0 Å². The number of rotatable bonds is 7. The van der Waals surface area contributed by atoms with Crippen LogP contribution in [0, 0.1) is 0 Å². The van der Waals surface area contributed by atoms with Gasteiger partial charge in [-0.1, -0.05) is 12.1 Å². The lowest BCUT2D eigenvalue weighted by molar-refractivity contribution is -0.114. The Bertz CT molecular complexity index is 1050. The van der Waals surface area contributed by atoms with Crippen molar-refractivity contribution in [3.05, 3.63) is 53.6 Å². The van der Waals surface area contributed by atoms with E-state index in [1.165, 1.54) is 35.9 Å². The minimum absolute atomic E-state index is 0.00661. The first-order valence-electron chi connectivity index (χ1n) is 10.8. The van der Waals surface area contributed by atoms with Gasteiger partial charge in [0.15, 0.2) is 0 Å². The van der Waals surface area contributed by atoms with Crippen molar-refractivity contribution in [1.29, 1.82) is 0 Å². The van der Waals surface area contributed by atoms with Gasteiger partial charge in [0.25, 0.3) is 0 Å². The third-order valence-electron chi connectivity index (χ3n) is 6.15. The lowest BCUT2D eigenvalue weighted by Crippen LogP contribution is -2.36. The maximum Gasteiger partial charge on any atom is 0.240 e. The van der Waals surface area contributed by atoms with Crippen molar-refractivity contribution in [3.63, 3.8) is 0 Å². The summed E-state index contributed by atoms with van der Waals surface area (Å²) in [4.78, 5) is 16.0. The number of hydrogen-bond acceptors (Lipinski definition) is 5. The van der Waals surface area contributed by atoms with Crippen molar-refractivity contribution >= 4 is 27.3 Å². The van der Waals surface area contributed by atoms with E-state index in [-0.39, 0.29) is 16.8 Å². The molecule has 2 aliphatic rings. The molecular formula is C23H30N4O3S. The topological polar surface area (TPSA) is 81.7 Å². The second kappa shape index (κ2) is 8.98. The summed E-state index contributed by atoms with van der Waals surface area (Å²) < 4.78 is 28.7. The normalized spacial score (nSPS) is 17.5. The molecule has 1 unspecified atom stereocenters. The molecule has 8 heteroatoms. The Labute approximate surface area is 184 Å². The van der Waals surface area contributed by atoms with E-state index in [9.17, 15) is 13.2 Å². The summed E-state index contributed by atoms with van der Waals surface area (Å²) in [5.41, 5.74) is 4.34. The molecule has 0 radical (unpaired) electrons.